The Morgan fingerprint density at radius 3 is 2.91 bits per heavy atom. The average Bonchev–Trinajstić information content (AvgIpc) is 2.88. The van der Waals surface area contributed by atoms with Crippen LogP contribution in [-0.4, -0.2) is 44.9 Å². The molecule has 2 rings (SSSR count). The van der Waals surface area contributed by atoms with Crippen molar-refractivity contribution in [3.05, 3.63) is 16.7 Å². The average molecular weight is 405 g/mol. The molecule has 1 fully saturated rings. The zero-order chi connectivity index (χ0) is 17.2. The van der Waals surface area contributed by atoms with Crippen molar-refractivity contribution >= 4 is 38.8 Å². The molecule has 1 aromatic heterocycles. The van der Waals surface area contributed by atoms with Crippen LogP contribution < -0.4 is 10.5 Å². The topological polar surface area (TPSA) is 97.5 Å². The number of likely N-dealkylation sites (tertiary alicyclic amines) is 1. The Kier molecular flexibility index (Phi) is 5.64. The Morgan fingerprint density at radius 1 is 1.57 bits per heavy atom. The first-order valence-corrected chi connectivity index (χ1v) is 9.17. The second-order valence-corrected chi connectivity index (χ2v) is 8.46. The van der Waals surface area contributed by atoms with Crippen LogP contribution in [0.2, 0.25) is 0 Å². The fourth-order valence-electron chi connectivity index (χ4n) is 2.14. The third-order valence-electron chi connectivity index (χ3n) is 3.16. The van der Waals surface area contributed by atoms with Crippen molar-refractivity contribution in [3.8, 4) is 0 Å². The second-order valence-electron chi connectivity index (χ2n) is 6.34. The van der Waals surface area contributed by atoms with Gasteiger partial charge in [0.1, 0.15) is 22.4 Å². The SMILES string of the molecule is CC(C)(C)OC(=O)N1CC[C@H](NS(=O)c2cc(Br)cnc2N)C1. The summed E-state index contributed by atoms with van der Waals surface area (Å²) in [5.74, 6) is 0.223. The van der Waals surface area contributed by atoms with Gasteiger partial charge in [0.25, 0.3) is 0 Å². The van der Waals surface area contributed by atoms with Gasteiger partial charge in [-0.1, -0.05) is 0 Å². The summed E-state index contributed by atoms with van der Waals surface area (Å²) < 4.78 is 21.4. The third kappa shape index (κ3) is 5.15. The van der Waals surface area contributed by atoms with Crippen LogP contribution in [0.5, 0.6) is 0 Å². The Labute approximate surface area is 146 Å². The molecule has 1 saturated heterocycles. The Balaban J connectivity index is 1.94. The highest BCUT2D eigenvalue weighted by atomic mass is 79.9. The van der Waals surface area contributed by atoms with Gasteiger partial charge in [-0.15, -0.1) is 0 Å². The highest BCUT2D eigenvalue weighted by Crippen LogP contribution is 2.20. The molecular formula is C14H21BrN4O3S. The maximum atomic E-state index is 12.4. The number of nitrogen functional groups attached to an aromatic ring is 1. The number of halogens is 1. The lowest BCUT2D eigenvalue weighted by Crippen LogP contribution is -2.38. The summed E-state index contributed by atoms with van der Waals surface area (Å²) in [6.45, 7) is 6.50. The van der Waals surface area contributed by atoms with Crippen LogP contribution in [0.15, 0.2) is 21.6 Å². The van der Waals surface area contributed by atoms with Crippen LogP contribution in [0.25, 0.3) is 0 Å². The number of nitrogens with two attached hydrogens (primary N) is 1. The summed E-state index contributed by atoms with van der Waals surface area (Å²) in [5.41, 5.74) is 5.23. The molecule has 3 N–H and O–H groups in total. The van der Waals surface area contributed by atoms with E-state index in [-0.39, 0.29) is 18.0 Å². The first-order chi connectivity index (χ1) is 10.7. The predicted molar refractivity (Wildman–Crippen MR) is 92.1 cm³/mol. The van der Waals surface area contributed by atoms with Crippen LogP contribution in [0.3, 0.4) is 0 Å². The molecule has 0 aromatic carbocycles. The lowest BCUT2D eigenvalue weighted by atomic mass is 10.2. The molecule has 2 atom stereocenters. The van der Waals surface area contributed by atoms with E-state index >= 15 is 0 Å². The van der Waals surface area contributed by atoms with E-state index in [0.717, 1.165) is 0 Å². The molecule has 2 heterocycles. The second kappa shape index (κ2) is 7.14. The molecule has 0 radical (unpaired) electrons. The van der Waals surface area contributed by atoms with Crippen LogP contribution in [0, 0.1) is 0 Å². The number of ether oxygens (including phenoxy) is 1. The van der Waals surface area contributed by atoms with Crippen LogP contribution in [0.4, 0.5) is 10.6 Å². The normalized spacial score (nSPS) is 19.7. The number of carbonyl (C=O) groups excluding carboxylic acids is 1. The highest BCUT2D eigenvalue weighted by molar-refractivity contribution is 9.10. The monoisotopic (exact) mass is 404 g/mol. The van der Waals surface area contributed by atoms with E-state index in [2.05, 4.69) is 25.6 Å². The Bertz CT molecular complexity index is 621. The quantitative estimate of drug-likeness (QED) is 0.802. The zero-order valence-corrected chi connectivity index (χ0v) is 15.7. The molecule has 128 valence electrons. The largest absolute Gasteiger partial charge is 0.444 e. The molecule has 0 saturated carbocycles. The van der Waals surface area contributed by atoms with Gasteiger partial charge in [-0.05, 0) is 49.2 Å². The molecule has 0 spiro atoms. The maximum Gasteiger partial charge on any atom is 0.410 e. The number of hydrogen-bond acceptors (Lipinski definition) is 5. The molecule has 0 aliphatic carbocycles. The van der Waals surface area contributed by atoms with Crippen molar-refractivity contribution in [1.29, 1.82) is 0 Å². The minimum atomic E-state index is -1.49. The number of amides is 1. The number of nitrogens with one attached hydrogen (secondary N) is 1. The molecule has 1 amide bonds. The molecule has 1 unspecified atom stereocenters. The molecule has 7 nitrogen and oxygen atoms in total. The number of pyridine rings is 1. The van der Waals surface area contributed by atoms with Crippen LogP contribution in [-0.2, 0) is 15.7 Å². The van der Waals surface area contributed by atoms with Gasteiger partial charge in [-0.2, -0.15) is 0 Å². The van der Waals surface area contributed by atoms with Crippen molar-refractivity contribution in [3.63, 3.8) is 0 Å². The minimum absolute atomic E-state index is 0.0817. The molecule has 0 bridgehead atoms. The van der Waals surface area contributed by atoms with Crippen molar-refractivity contribution in [1.82, 2.24) is 14.6 Å². The molecule has 1 aromatic rings. The summed E-state index contributed by atoms with van der Waals surface area (Å²) >= 11 is 3.28. The van der Waals surface area contributed by atoms with Crippen molar-refractivity contribution in [2.24, 2.45) is 0 Å². The molecule has 9 heteroatoms. The number of hydrogen-bond donors (Lipinski definition) is 2. The number of nitrogens with zero attached hydrogens (tertiary/aromatic N) is 2. The smallest absolute Gasteiger partial charge is 0.410 e. The third-order valence-corrected chi connectivity index (χ3v) is 4.87. The summed E-state index contributed by atoms with van der Waals surface area (Å²) in [6.07, 6.45) is 1.90. The van der Waals surface area contributed by atoms with Crippen LogP contribution in [0.1, 0.15) is 27.2 Å². The van der Waals surface area contributed by atoms with Crippen molar-refractivity contribution < 1.29 is 13.7 Å². The molecule has 1 aliphatic rings. The lowest BCUT2D eigenvalue weighted by molar-refractivity contribution is 0.0292. The summed E-state index contributed by atoms with van der Waals surface area (Å²) in [4.78, 5) is 18.0. The Morgan fingerprint density at radius 2 is 2.26 bits per heavy atom. The molecule has 1 aliphatic heterocycles. The summed E-state index contributed by atoms with van der Waals surface area (Å²) in [5, 5.41) is 0. The zero-order valence-electron chi connectivity index (χ0n) is 13.3. The lowest BCUT2D eigenvalue weighted by Gasteiger charge is -2.24. The van der Waals surface area contributed by atoms with E-state index in [1.807, 2.05) is 20.8 Å². The van der Waals surface area contributed by atoms with Gasteiger partial charge in [0.15, 0.2) is 0 Å². The van der Waals surface area contributed by atoms with E-state index in [1.54, 1.807) is 17.2 Å². The van der Waals surface area contributed by atoms with E-state index in [9.17, 15) is 9.00 Å². The first-order valence-electron chi connectivity index (χ1n) is 7.22. The number of aromatic nitrogens is 1. The van der Waals surface area contributed by atoms with Gasteiger partial charge in [0, 0.05) is 29.8 Å². The fourth-order valence-corrected chi connectivity index (χ4v) is 3.72. The number of rotatable bonds is 3. The van der Waals surface area contributed by atoms with E-state index in [0.29, 0.717) is 28.9 Å². The van der Waals surface area contributed by atoms with Gasteiger partial charge in [-0.25, -0.2) is 18.7 Å². The molecular weight excluding hydrogens is 384 g/mol. The maximum absolute atomic E-state index is 12.4. The van der Waals surface area contributed by atoms with Crippen molar-refractivity contribution in [2.45, 2.75) is 43.7 Å². The number of anilines is 1. The summed E-state index contributed by atoms with van der Waals surface area (Å²) in [7, 11) is -1.49. The van der Waals surface area contributed by atoms with Gasteiger partial charge in [-0.3, -0.25) is 0 Å². The van der Waals surface area contributed by atoms with Gasteiger partial charge >= 0.3 is 6.09 Å². The Hall–Kier alpha value is -1.19. The van der Waals surface area contributed by atoms with E-state index < -0.39 is 16.6 Å². The predicted octanol–water partition coefficient (Wildman–Crippen LogP) is 2.05. The minimum Gasteiger partial charge on any atom is -0.444 e. The number of carbonyl (C=O) groups is 1. The van der Waals surface area contributed by atoms with E-state index in [1.165, 1.54) is 0 Å². The van der Waals surface area contributed by atoms with Gasteiger partial charge in [0.2, 0.25) is 0 Å². The highest BCUT2D eigenvalue weighted by Gasteiger charge is 2.30. The van der Waals surface area contributed by atoms with Crippen molar-refractivity contribution in [2.75, 3.05) is 18.8 Å². The standard InChI is InChI=1S/C14H21BrN4O3S/c1-14(2,3)22-13(20)19-5-4-10(8-19)18-23(21)11-6-9(15)7-17-12(11)16/h6-7,10,18H,4-5,8H2,1-3H3,(H2,16,17)/t10-,23?/m0/s1. The molecule has 23 heavy (non-hydrogen) atoms. The fraction of sp³-hybridized carbons (Fsp3) is 0.571. The van der Waals surface area contributed by atoms with Gasteiger partial charge in [0.05, 0.1) is 4.90 Å². The van der Waals surface area contributed by atoms with E-state index in [4.69, 9.17) is 10.5 Å². The van der Waals surface area contributed by atoms with Gasteiger partial charge < -0.3 is 15.4 Å². The summed E-state index contributed by atoms with van der Waals surface area (Å²) in [6, 6.07) is 1.59. The first kappa shape index (κ1) is 18.2. The van der Waals surface area contributed by atoms with Crippen LogP contribution >= 0.6 is 15.9 Å².